The molecule has 1 amide bonds. The molecule has 3 rings (SSSR count). The molecule has 0 atom stereocenters. The van der Waals surface area contributed by atoms with Gasteiger partial charge in [-0.25, -0.2) is 4.98 Å². The van der Waals surface area contributed by atoms with Crippen molar-refractivity contribution in [3.05, 3.63) is 76.1 Å². The molecule has 0 spiro atoms. The number of hydrogen-bond acceptors (Lipinski definition) is 4. The van der Waals surface area contributed by atoms with Crippen LogP contribution in [0.1, 0.15) is 21.5 Å². The molecule has 0 unspecified atom stereocenters. The van der Waals surface area contributed by atoms with Crippen molar-refractivity contribution in [3.8, 4) is 0 Å². The lowest BCUT2D eigenvalue weighted by molar-refractivity contribution is 0.0782. The van der Waals surface area contributed by atoms with Crippen molar-refractivity contribution in [2.75, 3.05) is 7.05 Å². The van der Waals surface area contributed by atoms with Crippen molar-refractivity contribution in [1.82, 2.24) is 19.3 Å². The highest BCUT2D eigenvalue weighted by Crippen LogP contribution is 2.06. The van der Waals surface area contributed by atoms with E-state index in [1.54, 1.807) is 31.7 Å². The maximum atomic E-state index is 12.6. The van der Waals surface area contributed by atoms with Crippen molar-refractivity contribution in [2.45, 2.75) is 13.5 Å². The summed E-state index contributed by atoms with van der Waals surface area (Å²) in [6, 6.07) is 7.32. The summed E-state index contributed by atoms with van der Waals surface area (Å²) in [6.45, 7) is 2.26. The summed E-state index contributed by atoms with van der Waals surface area (Å²) >= 11 is 0. The monoisotopic (exact) mass is 308 g/mol. The van der Waals surface area contributed by atoms with Crippen LogP contribution >= 0.6 is 0 Å². The van der Waals surface area contributed by atoms with Crippen LogP contribution in [0.4, 0.5) is 0 Å². The molecule has 0 aliphatic carbocycles. The highest BCUT2D eigenvalue weighted by Gasteiger charge is 2.17. The third kappa shape index (κ3) is 2.96. The minimum atomic E-state index is -0.360. The van der Waals surface area contributed by atoms with Crippen LogP contribution in [0.15, 0.2) is 53.8 Å². The Morgan fingerprint density at radius 1 is 1.26 bits per heavy atom. The molecule has 0 radical (unpaired) electrons. The van der Waals surface area contributed by atoms with Crippen molar-refractivity contribution in [3.63, 3.8) is 0 Å². The summed E-state index contributed by atoms with van der Waals surface area (Å²) in [6.07, 6.45) is 6.39. The zero-order chi connectivity index (χ0) is 16.4. The molecule has 0 aromatic carbocycles. The number of fused-ring (bicyclic) bond motifs is 1. The average Bonchev–Trinajstić information content (AvgIpc) is 2.56. The lowest BCUT2D eigenvalue weighted by Crippen LogP contribution is -2.33. The third-order valence-electron chi connectivity index (χ3n) is 3.57. The number of rotatable bonds is 3. The summed E-state index contributed by atoms with van der Waals surface area (Å²) in [5.74, 6) is -0.359. The van der Waals surface area contributed by atoms with E-state index < -0.39 is 0 Å². The van der Waals surface area contributed by atoms with Gasteiger partial charge in [0.2, 0.25) is 0 Å². The fourth-order valence-electron chi connectivity index (χ4n) is 2.37. The average molecular weight is 308 g/mol. The van der Waals surface area contributed by atoms with E-state index in [0.29, 0.717) is 12.2 Å². The van der Waals surface area contributed by atoms with Crippen LogP contribution in [0.2, 0.25) is 0 Å². The molecule has 0 aliphatic rings. The first-order chi connectivity index (χ1) is 11.1. The molecule has 0 fully saturated rings. The molecule has 0 aliphatic heterocycles. The van der Waals surface area contributed by atoms with Crippen LogP contribution in [0.5, 0.6) is 0 Å². The SMILES string of the molecule is Cc1ccc2ncc(C(=O)N(C)Cc3cccnc3)c(=O)n2c1. The molecule has 116 valence electrons. The van der Waals surface area contributed by atoms with Crippen LogP contribution in [-0.4, -0.2) is 32.2 Å². The lowest BCUT2D eigenvalue weighted by Gasteiger charge is -2.16. The maximum Gasteiger partial charge on any atom is 0.270 e. The van der Waals surface area contributed by atoms with Gasteiger partial charge in [0.15, 0.2) is 0 Å². The van der Waals surface area contributed by atoms with E-state index >= 15 is 0 Å². The van der Waals surface area contributed by atoms with Gasteiger partial charge in [-0.2, -0.15) is 0 Å². The number of hydrogen-bond donors (Lipinski definition) is 0. The number of carbonyl (C=O) groups is 1. The van der Waals surface area contributed by atoms with E-state index in [2.05, 4.69) is 9.97 Å². The van der Waals surface area contributed by atoms with Gasteiger partial charge in [0.1, 0.15) is 11.2 Å². The highest BCUT2D eigenvalue weighted by molar-refractivity contribution is 5.93. The van der Waals surface area contributed by atoms with Crippen molar-refractivity contribution >= 4 is 11.6 Å². The van der Waals surface area contributed by atoms with E-state index in [4.69, 9.17) is 0 Å². The van der Waals surface area contributed by atoms with E-state index in [9.17, 15) is 9.59 Å². The predicted octanol–water partition coefficient (Wildman–Crippen LogP) is 1.67. The Morgan fingerprint density at radius 2 is 2.09 bits per heavy atom. The molecule has 3 aromatic rings. The van der Waals surface area contributed by atoms with E-state index in [1.807, 2.05) is 25.1 Å². The van der Waals surface area contributed by atoms with E-state index in [0.717, 1.165) is 11.1 Å². The van der Waals surface area contributed by atoms with Crippen LogP contribution in [0.25, 0.3) is 5.65 Å². The molecule has 6 nitrogen and oxygen atoms in total. The van der Waals surface area contributed by atoms with Gasteiger partial charge in [-0.05, 0) is 30.2 Å². The van der Waals surface area contributed by atoms with Gasteiger partial charge in [0.25, 0.3) is 11.5 Å². The van der Waals surface area contributed by atoms with Crippen LogP contribution in [0, 0.1) is 6.92 Å². The highest BCUT2D eigenvalue weighted by atomic mass is 16.2. The largest absolute Gasteiger partial charge is 0.337 e. The fourth-order valence-corrected chi connectivity index (χ4v) is 2.37. The Morgan fingerprint density at radius 3 is 2.83 bits per heavy atom. The van der Waals surface area contributed by atoms with E-state index in [-0.39, 0.29) is 17.0 Å². The Labute approximate surface area is 133 Å². The third-order valence-corrected chi connectivity index (χ3v) is 3.57. The zero-order valence-corrected chi connectivity index (χ0v) is 12.9. The van der Waals surface area contributed by atoms with Gasteiger partial charge in [-0.15, -0.1) is 0 Å². The molecule has 3 aromatic heterocycles. The quantitative estimate of drug-likeness (QED) is 0.738. The minimum Gasteiger partial charge on any atom is -0.337 e. The molecule has 0 saturated heterocycles. The molecular formula is C17H16N4O2. The predicted molar refractivity (Wildman–Crippen MR) is 86.2 cm³/mol. The van der Waals surface area contributed by atoms with Gasteiger partial charge in [-0.3, -0.25) is 19.0 Å². The number of nitrogens with zero attached hydrogens (tertiary/aromatic N) is 4. The Bertz CT molecular complexity index is 919. The standard InChI is InChI=1S/C17H16N4O2/c1-12-5-6-15-19-9-14(17(23)21(15)10-12)16(22)20(2)11-13-4-3-7-18-8-13/h3-10H,11H2,1-2H3. The fraction of sp³-hybridized carbons (Fsp3) is 0.176. The summed E-state index contributed by atoms with van der Waals surface area (Å²) < 4.78 is 1.40. The van der Waals surface area contributed by atoms with E-state index in [1.165, 1.54) is 15.5 Å². The molecular weight excluding hydrogens is 292 g/mol. The first kappa shape index (κ1) is 14.9. The second kappa shape index (κ2) is 6.00. The Hall–Kier alpha value is -3.02. The number of carbonyl (C=O) groups excluding carboxylic acids is 1. The van der Waals surface area contributed by atoms with Gasteiger partial charge >= 0.3 is 0 Å². The first-order valence-electron chi connectivity index (χ1n) is 7.18. The van der Waals surface area contributed by atoms with Gasteiger partial charge in [0, 0.05) is 38.4 Å². The van der Waals surface area contributed by atoms with Crippen molar-refractivity contribution in [2.24, 2.45) is 0 Å². The second-order valence-corrected chi connectivity index (χ2v) is 5.43. The summed E-state index contributed by atoms with van der Waals surface area (Å²) in [7, 11) is 1.65. The van der Waals surface area contributed by atoms with Crippen LogP contribution in [-0.2, 0) is 6.54 Å². The van der Waals surface area contributed by atoms with Crippen LogP contribution in [0.3, 0.4) is 0 Å². The second-order valence-electron chi connectivity index (χ2n) is 5.43. The van der Waals surface area contributed by atoms with Gasteiger partial charge in [-0.1, -0.05) is 12.1 Å². The molecule has 6 heteroatoms. The van der Waals surface area contributed by atoms with Gasteiger partial charge < -0.3 is 4.90 Å². The summed E-state index contributed by atoms with van der Waals surface area (Å²) in [5.41, 5.74) is 2.04. The topological polar surface area (TPSA) is 67.6 Å². The van der Waals surface area contributed by atoms with Crippen LogP contribution < -0.4 is 5.56 Å². The smallest absolute Gasteiger partial charge is 0.270 e. The first-order valence-corrected chi connectivity index (χ1v) is 7.18. The zero-order valence-electron chi connectivity index (χ0n) is 12.9. The molecule has 23 heavy (non-hydrogen) atoms. The van der Waals surface area contributed by atoms with Crippen molar-refractivity contribution < 1.29 is 4.79 Å². The lowest BCUT2D eigenvalue weighted by atomic mass is 10.2. The number of amides is 1. The number of aromatic nitrogens is 3. The molecule has 0 N–H and O–H groups in total. The number of pyridine rings is 2. The maximum absolute atomic E-state index is 12.6. The summed E-state index contributed by atoms with van der Waals surface area (Å²) in [5, 5.41) is 0. The van der Waals surface area contributed by atoms with Gasteiger partial charge in [0.05, 0.1) is 0 Å². The van der Waals surface area contributed by atoms with Crippen molar-refractivity contribution in [1.29, 1.82) is 0 Å². The molecule has 3 heterocycles. The number of aryl methyl sites for hydroxylation is 1. The minimum absolute atomic E-state index is 0.0551. The molecule has 0 saturated carbocycles. The summed E-state index contributed by atoms with van der Waals surface area (Å²) in [4.78, 5) is 34.8. The Balaban J connectivity index is 1.94. The molecule has 0 bridgehead atoms. The Kier molecular flexibility index (Phi) is 3.89. The normalized spacial score (nSPS) is 10.7.